The molecule has 0 amide bonds. The molecule has 0 aliphatic heterocycles. The summed E-state index contributed by atoms with van der Waals surface area (Å²) in [5.74, 6) is 10.8. The van der Waals surface area contributed by atoms with Crippen LogP contribution in [0.15, 0.2) is 29.0 Å². The molecule has 5 N–H and O–H groups in total. The molecule has 13 heavy (non-hydrogen) atoms. The van der Waals surface area contributed by atoms with Crippen LogP contribution in [0.25, 0.3) is 0 Å². The van der Waals surface area contributed by atoms with Crippen LogP contribution in [0.2, 0.25) is 0 Å². The SMILES string of the molecule is C=C(NN)/C(=C\C(Cl)=N/N)C1CC1. The number of nitrogens with zero attached hydrogens (tertiary/aromatic N) is 1. The maximum Gasteiger partial charge on any atom is 0.149 e. The zero-order chi connectivity index (χ0) is 9.84. The van der Waals surface area contributed by atoms with Gasteiger partial charge in [0, 0.05) is 5.70 Å². The first kappa shape index (κ1) is 10.1. The molecule has 1 aliphatic rings. The van der Waals surface area contributed by atoms with Gasteiger partial charge >= 0.3 is 0 Å². The van der Waals surface area contributed by atoms with Crippen LogP contribution in [0, 0.1) is 5.92 Å². The topological polar surface area (TPSA) is 76.4 Å². The van der Waals surface area contributed by atoms with Crippen molar-refractivity contribution in [3.05, 3.63) is 23.9 Å². The summed E-state index contributed by atoms with van der Waals surface area (Å²) in [5.41, 5.74) is 4.16. The second kappa shape index (κ2) is 4.30. The Balaban J connectivity index is 2.78. The van der Waals surface area contributed by atoms with Gasteiger partial charge in [0.2, 0.25) is 0 Å². The van der Waals surface area contributed by atoms with Gasteiger partial charge in [-0.25, -0.2) is 0 Å². The summed E-state index contributed by atoms with van der Waals surface area (Å²) in [6.07, 6.45) is 3.98. The van der Waals surface area contributed by atoms with Crippen LogP contribution >= 0.6 is 11.6 Å². The van der Waals surface area contributed by atoms with Gasteiger partial charge in [0.25, 0.3) is 0 Å². The first-order valence-electron chi connectivity index (χ1n) is 4.00. The fourth-order valence-corrected chi connectivity index (χ4v) is 1.21. The normalized spacial score (nSPS) is 18.6. The van der Waals surface area contributed by atoms with Crippen LogP contribution in [-0.2, 0) is 0 Å². The largest absolute Gasteiger partial charge is 0.324 e. The minimum absolute atomic E-state index is 0.262. The van der Waals surface area contributed by atoms with E-state index in [1.54, 1.807) is 6.08 Å². The molecule has 72 valence electrons. The molecule has 0 aromatic carbocycles. The van der Waals surface area contributed by atoms with Gasteiger partial charge in [-0.2, -0.15) is 5.10 Å². The third-order valence-corrected chi connectivity index (χ3v) is 2.14. The highest BCUT2D eigenvalue weighted by Gasteiger charge is 2.27. The van der Waals surface area contributed by atoms with Crippen molar-refractivity contribution in [2.75, 3.05) is 0 Å². The standard InChI is InChI=1S/C8H13ClN4/c1-5(12-10)7(6-2-3-6)4-8(9)13-11/h4,6,12H,1-3,10-11H2/b7-4+,13-8+. The minimum Gasteiger partial charge on any atom is -0.324 e. The molecule has 1 saturated carbocycles. The van der Waals surface area contributed by atoms with E-state index in [4.69, 9.17) is 23.3 Å². The highest BCUT2D eigenvalue weighted by molar-refractivity contribution is 6.68. The Labute approximate surface area is 82.3 Å². The van der Waals surface area contributed by atoms with Gasteiger partial charge in [-0.05, 0) is 30.4 Å². The number of nitrogens with one attached hydrogen (secondary N) is 1. The van der Waals surface area contributed by atoms with Crippen molar-refractivity contribution in [2.45, 2.75) is 12.8 Å². The number of hydrogen-bond donors (Lipinski definition) is 3. The molecule has 1 fully saturated rings. The number of rotatable bonds is 4. The number of hydrazone groups is 1. The predicted octanol–water partition coefficient (Wildman–Crippen LogP) is 0.811. The number of halogens is 1. The van der Waals surface area contributed by atoms with E-state index >= 15 is 0 Å². The van der Waals surface area contributed by atoms with Crippen molar-refractivity contribution in [1.82, 2.24) is 5.43 Å². The minimum atomic E-state index is 0.262. The molecule has 0 radical (unpaired) electrons. The molecule has 4 nitrogen and oxygen atoms in total. The van der Waals surface area contributed by atoms with Gasteiger partial charge in [0.15, 0.2) is 0 Å². The van der Waals surface area contributed by atoms with Gasteiger partial charge in [0.1, 0.15) is 5.17 Å². The first-order valence-corrected chi connectivity index (χ1v) is 4.37. The van der Waals surface area contributed by atoms with E-state index in [2.05, 4.69) is 17.1 Å². The summed E-state index contributed by atoms with van der Waals surface area (Å²) in [6, 6.07) is 0. The third kappa shape index (κ3) is 2.75. The summed E-state index contributed by atoms with van der Waals surface area (Å²) in [5, 5.41) is 3.61. The summed E-state index contributed by atoms with van der Waals surface area (Å²) in [7, 11) is 0. The van der Waals surface area contributed by atoms with Gasteiger partial charge in [-0.1, -0.05) is 18.2 Å². The first-order chi connectivity index (χ1) is 6.19. The van der Waals surface area contributed by atoms with E-state index in [1.807, 2.05) is 0 Å². The van der Waals surface area contributed by atoms with E-state index in [0.717, 1.165) is 18.4 Å². The molecule has 0 aromatic heterocycles. The lowest BCUT2D eigenvalue weighted by atomic mass is 10.1. The van der Waals surface area contributed by atoms with Gasteiger partial charge in [-0.15, -0.1) is 0 Å². The van der Waals surface area contributed by atoms with Gasteiger partial charge in [-0.3, -0.25) is 5.84 Å². The van der Waals surface area contributed by atoms with Crippen LogP contribution in [0.4, 0.5) is 0 Å². The van der Waals surface area contributed by atoms with Gasteiger partial charge in [0.05, 0.1) is 0 Å². The molecule has 0 aromatic rings. The van der Waals surface area contributed by atoms with E-state index in [-0.39, 0.29) is 5.17 Å². The Morgan fingerprint density at radius 1 is 1.62 bits per heavy atom. The zero-order valence-electron chi connectivity index (χ0n) is 7.26. The Bertz CT molecular complexity index is 265. The molecule has 0 saturated heterocycles. The summed E-state index contributed by atoms with van der Waals surface area (Å²) in [6.45, 7) is 3.76. The van der Waals surface area contributed by atoms with Gasteiger partial charge < -0.3 is 11.3 Å². The summed E-state index contributed by atoms with van der Waals surface area (Å²) in [4.78, 5) is 0. The maximum absolute atomic E-state index is 5.67. The van der Waals surface area contributed by atoms with Crippen molar-refractivity contribution in [2.24, 2.45) is 22.7 Å². The third-order valence-electron chi connectivity index (χ3n) is 1.94. The van der Waals surface area contributed by atoms with E-state index in [9.17, 15) is 0 Å². The molecule has 0 bridgehead atoms. The molecular weight excluding hydrogens is 188 g/mol. The molecule has 0 heterocycles. The molecule has 5 heteroatoms. The number of hydrazine groups is 1. The molecule has 0 atom stereocenters. The highest BCUT2D eigenvalue weighted by Crippen LogP contribution is 2.38. The number of nitrogens with two attached hydrogens (primary N) is 2. The molecular formula is C8H13ClN4. The van der Waals surface area contributed by atoms with Crippen molar-refractivity contribution in [1.29, 1.82) is 0 Å². The lowest BCUT2D eigenvalue weighted by molar-refractivity contribution is 0.857. The van der Waals surface area contributed by atoms with Crippen LogP contribution in [0.1, 0.15) is 12.8 Å². The Morgan fingerprint density at radius 2 is 2.23 bits per heavy atom. The highest BCUT2D eigenvalue weighted by atomic mass is 35.5. The van der Waals surface area contributed by atoms with Crippen LogP contribution in [0.5, 0.6) is 0 Å². The monoisotopic (exact) mass is 200 g/mol. The molecule has 1 aliphatic carbocycles. The van der Waals surface area contributed by atoms with Crippen LogP contribution in [-0.4, -0.2) is 5.17 Å². The van der Waals surface area contributed by atoms with Crippen LogP contribution in [0.3, 0.4) is 0 Å². The summed E-state index contributed by atoms with van der Waals surface area (Å²) < 4.78 is 0. The van der Waals surface area contributed by atoms with Crippen molar-refractivity contribution < 1.29 is 0 Å². The van der Waals surface area contributed by atoms with Crippen molar-refractivity contribution in [3.8, 4) is 0 Å². The average Bonchev–Trinajstić information content (AvgIpc) is 2.95. The Hall–Kier alpha value is -1.00. The lowest BCUT2D eigenvalue weighted by Crippen LogP contribution is -2.22. The average molecular weight is 201 g/mol. The fourth-order valence-electron chi connectivity index (χ4n) is 1.09. The molecule has 0 spiro atoms. The quantitative estimate of drug-likeness (QED) is 0.272. The van der Waals surface area contributed by atoms with Crippen molar-refractivity contribution in [3.63, 3.8) is 0 Å². The number of allylic oxidation sites excluding steroid dienone is 2. The predicted molar refractivity (Wildman–Crippen MR) is 54.7 cm³/mol. The molecule has 0 unspecified atom stereocenters. The second-order valence-corrected chi connectivity index (χ2v) is 3.34. The maximum atomic E-state index is 5.67. The van der Waals surface area contributed by atoms with E-state index in [1.165, 1.54) is 0 Å². The molecule has 1 rings (SSSR count). The Kier molecular flexibility index (Phi) is 3.33. The van der Waals surface area contributed by atoms with E-state index in [0.29, 0.717) is 11.6 Å². The van der Waals surface area contributed by atoms with E-state index < -0.39 is 0 Å². The summed E-state index contributed by atoms with van der Waals surface area (Å²) >= 11 is 5.67. The van der Waals surface area contributed by atoms with Crippen LogP contribution < -0.4 is 17.1 Å². The lowest BCUT2D eigenvalue weighted by Gasteiger charge is -2.07. The second-order valence-electron chi connectivity index (χ2n) is 2.95. The number of hydrogen-bond acceptors (Lipinski definition) is 4. The fraction of sp³-hybridized carbons (Fsp3) is 0.375. The smallest absolute Gasteiger partial charge is 0.149 e. The zero-order valence-corrected chi connectivity index (χ0v) is 8.01. The Morgan fingerprint density at radius 3 is 2.62 bits per heavy atom. The van der Waals surface area contributed by atoms with Crippen molar-refractivity contribution >= 4 is 16.8 Å².